The summed E-state index contributed by atoms with van der Waals surface area (Å²) in [6.45, 7) is 7.93. The molecule has 0 amide bonds. The van der Waals surface area contributed by atoms with Gasteiger partial charge in [-0.1, -0.05) is 12.1 Å². The third-order valence-corrected chi connectivity index (χ3v) is 5.05. The minimum Gasteiger partial charge on any atom is -0.400 e. The van der Waals surface area contributed by atoms with Crippen LogP contribution in [0, 0.1) is 11.8 Å². The molecule has 1 saturated heterocycles. The van der Waals surface area contributed by atoms with Crippen molar-refractivity contribution in [2.24, 2.45) is 11.8 Å². The Morgan fingerprint density at radius 1 is 0.952 bits per heavy atom. The quantitative estimate of drug-likeness (QED) is 0.697. The fourth-order valence-electron chi connectivity index (χ4n) is 2.85. The Morgan fingerprint density at radius 2 is 1.43 bits per heavy atom. The van der Waals surface area contributed by atoms with E-state index in [0.717, 1.165) is 0 Å². The number of allylic oxidation sites excluding steroid dienone is 1. The maximum Gasteiger partial charge on any atom is 0.486 e. The van der Waals surface area contributed by atoms with Crippen LogP contribution in [0.15, 0.2) is 12.1 Å². The molecule has 1 heterocycles. The van der Waals surface area contributed by atoms with Gasteiger partial charge in [0.1, 0.15) is 0 Å². The molecule has 1 saturated carbocycles. The van der Waals surface area contributed by atoms with Crippen molar-refractivity contribution in [1.82, 2.24) is 0 Å². The molecule has 0 radical (unpaired) electrons. The highest BCUT2D eigenvalue weighted by atomic mass is 19.4. The summed E-state index contributed by atoms with van der Waals surface area (Å²) >= 11 is 0. The predicted molar refractivity (Wildman–Crippen MR) is 76.7 cm³/mol. The van der Waals surface area contributed by atoms with E-state index in [1.54, 1.807) is 0 Å². The van der Waals surface area contributed by atoms with E-state index in [2.05, 4.69) is 0 Å². The van der Waals surface area contributed by atoms with Crippen molar-refractivity contribution in [2.75, 3.05) is 0 Å². The summed E-state index contributed by atoms with van der Waals surface area (Å²) in [4.78, 5) is 0. The van der Waals surface area contributed by atoms with Gasteiger partial charge in [-0.2, -0.15) is 13.2 Å². The van der Waals surface area contributed by atoms with Gasteiger partial charge in [0.05, 0.1) is 17.1 Å². The average molecular weight is 304 g/mol. The van der Waals surface area contributed by atoms with Gasteiger partial charge < -0.3 is 9.31 Å². The predicted octanol–water partition coefficient (Wildman–Crippen LogP) is 4.54. The average Bonchev–Trinajstić information content (AvgIpc) is 2.55. The third-order valence-electron chi connectivity index (χ3n) is 5.05. The molecule has 2 nitrogen and oxygen atoms in total. The van der Waals surface area contributed by atoms with Crippen molar-refractivity contribution in [3.05, 3.63) is 12.1 Å². The van der Waals surface area contributed by atoms with Gasteiger partial charge in [-0.3, -0.25) is 0 Å². The first-order valence-corrected chi connectivity index (χ1v) is 7.62. The second-order valence-corrected chi connectivity index (χ2v) is 7.16. The Morgan fingerprint density at radius 3 is 1.86 bits per heavy atom. The Balaban J connectivity index is 1.85. The number of halogens is 3. The van der Waals surface area contributed by atoms with E-state index in [4.69, 9.17) is 9.31 Å². The Hall–Kier alpha value is -0.485. The van der Waals surface area contributed by atoms with Gasteiger partial charge in [0, 0.05) is 0 Å². The van der Waals surface area contributed by atoms with Crippen molar-refractivity contribution in [1.29, 1.82) is 0 Å². The molecule has 2 aliphatic rings. The highest BCUT2D eigenvalue weighted by Crippen LogP contribution is 2.40. The zero-order chi connectivity index (χ0) is 15.9. The number of rotatable bonds is 2. The molecule has 0 N–H and O–H groups in total. The van der Waals surface area contributed by atoms with Gasteiger partial charge in [-0.25, -0.2) is 0 Å². The minimum absolute atomic E-state index is 0.197. The molecule has 0 aromatic carbocycles. The van der Waals surface area contributed by atoms with Crippen LogP contribution in [0.25, 0.3) is 0 Å². The molecule has 2 fully saturated rings. The summed E-state index contributed by atoms with van der Waals surface area (Å²) in [5.41, 5.74) is -0.758. The molecule has 0 unspecified atom stereocenters. The Bertz CT molecular complexity index is 380. The lowest BCUT2D eigenvalue weighted by Gasteiger charge is -2.32. The van der Waals surface area contributed by atoms with Gasteiger partial charge in [-0.05, 0) is 59.3 Å². The topological polar surface area (TPSA) is 18.5 Å². The summed E-state index contributed by atoms with van der Waals surface area (Å²) in [5.74, 6) is 0.927. The summed E-state index contributed by atoms with van der Waals surface area (Å²) in [5, 5.41) is 0. The van der Waals surface area contributed by atoms with E-state index in [9.17, 15) is 13.2 Å². The van der Waals surface area contributed by atoms with Crippen molar-refractivity contribution >= 4 is 7.12 Å². The summed E-state index contributed by atoms with van der Waals surface area (Å²) in [7, 11) is -0.407. The van der Waals surface area contributed by atoms with Crippen LogP contribution in [0.2, 0.25) is 0 Å². The molecule has 0 aromatic rings. The first-order valence-electron chi connectivity index (χ1n) is 7.62. The summed E-state index contributed by atoms with van der Waals surface area (Å²) < 4.78 is 49.5. The van der Waals surface area contributed by atoms with Gasteiger partial charge in [0.2, 0.25) is 0 Å². The third kappa shape index (κ3) is 3.83. The van der Waals surface area contributed by atoms with Crippen molar-refractivity contribution in [3.63, 3.8) is 0 Å². The number of hydrogen-bond acceptors (Lipinski definition) is 2. The van der Waals surface area contributed by atoms with E-state index in [0.29, 0.717) is 12.8 Å². The first kappa shape index (κ1) is 16.9. The molecule has 2 rings (SSSR count). The molecule has 21 heavy (non-hydrogen) atoms. The lowest BCUT2D eigenvalue weighted by atomic mass is 9.79. The van der Waals surface area contributed by atoms with Gasteiger partial charge in [-0.15, -0.1) is 0 Å². The molecule has 6 heteroatoms. The molecule has 0 aromatic heterocycles. The van der Waals surface area contributed by atoms with Crippen LogP contribution in [0.3, 0.4) is 0 Å². The highest BCUT2D eigenvalue weighted by Gasteiger charge is 2.50. The second-order valence-electron chi connectivity index (χ2n) is 7.16. The minimum atomic E-state index is -4.04. The molecule has 0 bridgehead atoms. The van der Waals surface area contributed by atoms with Crippen LogP contribution in [0.4, 0.5) is 13.2 Å². The van der Waals surface area contributed by atoms with Crippen molar-refractivity contribution < 1.29 is 22.5 Å². The molecule has 0 spiro atoms. The maximum absolute atomic E-state index is 12.6. The fourth-order valence-corrected chi connectivity index (χ4v) is 2.85. The normalized spacial score (nSPS) is 32.8. The standard InChI is InChI=1S/C15H24BF3O2/c1-13(2)14(3,4)21-16(20-13)10-9-11-5-7-12(8-6-11)15(17,18)19/h9-12H,5-8H2,1-4H3/b10-9+. The van der Waals surface area contributed by atoms with Gasteiger partial charge in [0.15, 0.2) is 0 Å². The molecule has 1 aliphatic carbocycles. The monoisotopic (exact) mass is 304 g/mol. The zero-order valence-electron chi connectivity index (χ0n) is 13.2. The SMILES string of the molecule is CC1(C)OB(/C=C/C2CCC(C(F)(F)F)CC2)OC1(C)C. The van der Waals surface area contributed by atoms with Crippen LogP contribution in [-0.4, -0.2) is 24.5 Å². The van der Waals surface area contributed by atoms with E-state index < -0.39 is 19.2 Å². The lowest BCUT2D eigenvalue weighted by Crippen LogP contribution is -2.41. The fraction of sp³-hybridized carbons (Fsp3) is 0.867. The molecular formula is C15H24BF3O2. The van der Waals surface area contributed by atoms with Gasteiger partial charge >= 0.3 is 13.3 Å². The summed E-state index contributed by atoms with van der Waals surface area (Å²) in [6, 6.07) is 0. The molecular weight excluding hydrogens is 280 g/mol. The van der Waals surface area contributed by atoms with E-state index in [1.165, 1.54) is 0 Å². The van der Waals surface area contributed by atoms with Crippen LogP contribution in [0.5, 0.6) is 0 Å². The van der Waals surface area contributed by atoms with E-state index in [-0.39, 0.29) is 30.0 Å². The molecule has 1 aliphatic heterocycles. The smallest absolute Gasteiger partial charge is 0.400 e. The van der Waals surface area contributed by atoms with E-state index in [1.807, 2.05) is 39.7 Å². The molecule has 0 atom stereocenters. The van der Waals surface area contributed by atoms with Crippen LogP contribution in [0.1, 0.15) is 53.4 Å². The van der Waals surface area contributed by atoms with Crippen LogP contribution >= 0.6 is 0 Å². The van der Waals surface area contributed by atoms with Crippen molar-refractivity contribution in [2.45, 2.75) is 70.8 Å². The van der Waals surface area contributed by atoms with E-state index >= 15 is 0 Å². The summed E-state index contributed by atoms with van der Waals surface area (Å²) in [6.07, 6.45) is -0.459. The number of hydrogen-bond donors (Lipinski definition) is 0. The van der Waals surface area contributed by atoms with Crippen molar-refractivity contribution in [3.8, 4) is 0 Å². The Labute approximate surface area is 125 Å². The van der Waals surface area contributed by atoms with Crippen LogP contribution < -0.4 is 0 Å². The number of alkyl halides is 3. The van der Waals surface area contributed by atoms with Gasteiger partial charge in [0.25, 0.3) is 0 Å². The second kappa shape index (κ2) is 5.62. The maximum atomic E-state index is 12.6. The van der Waals surface area contributed by atoms with Crippen LogP contribution in [-0.2, 0) is 9.31 Å². The molecule has 120 valence electrons. The zero-order valence-corrected chi connectivity index (χ0v) is 13.2. The first-order chi connectivity index (χ1) is 9.51. The largest absolute Gasteiger partial charge is 0.486 e. The lowest BCUT2D eigenvalue weighted by molar-refractivity contribution is -0.183. The highest BCUT2D eigenvalue weighted by molar-refractivity contribution is 6.51. The Kier molecular flexibility index (Phi) is 4.51.